The van der Waals surface area contributed by atoms with Crippen LogP contribution >= 0.6 is 0 Å². The van der Waals surface area contributed by atoms with Crippen molar-refractivity contribution in [3.8, 4) is 0 Å². The van der Waals surface area contributed by atoms with Crippen LogP contribution < -0.4 is 0 Å². The lowest BCUT2D eigenvalue weighted by molar-refractivity contribution is -0.135. The van der Waals surface area contributed by atoms with Crippen LogP contribution in [0.15, 0.2) is 0 Å². The molecule has 80 valence electrons. The van der Waals surface area contributed by atoms with Crippen LogP contribution in [0.4, 0.5) is 0 Å². The topological polar surface area (TPSA) is 23.6 Å². The summed E-state index contributed by atoms with van der Waals surface area (Å²) in [6.07, 6.45) is 2.25. The quantitative estimate of drug-likeness (QED) is 0.656. The Hall–Kier alpha value is -0.570. The van der Waals surface area contributed by atoms with Crippen molar-refractivity contribution in [2.24, 2.45) is 5.92 Å². The molecule has 2 aliphatic rings. The summed E-state index contributed by atoms with van der Waals surface area (Å²) in [6, 6.07) is 0.538. The number of hydrogen-bond acceptors (Lipinski definition) is 2. The van der Waals surface area contributed by atoms with Gasteiger partial charge in [0.1, 0.15) is 0 Å². The van der Waals surface area contributed by atoms with Gasteiger partial charge in [-0.05, 0) is 26.3 Å². The number of amides is 1. The van der Waals surface area contributed by atoms with E-state index in [0.29, 0.717) is 17.9 Å². The summed E-state index contributed by atoms with van der Waals surface area (Å²) in [6.45, 7) is 8.43. The Morgan fingerprint density at radius 1 is 1.36 bits per heavy atom. The SMILES string of the molecule is CCN1CCN(C(=O)C2CC2)CC1C. The Labute approximate surface area is 86.1 Å². The molecular formula is C11H20N2O. The van der Waals surface area contributed by atoms with Crippen molar-refractivity contribution < 1.29 is 4.79 Å². The molecular weight excluding hydrogens is 176 g/mol. The fourth-order valence-corrected chi connectivity index (χ4v) is 2.25. The minimum atomic E-state index is 0.385. The molecule has 1 atom stereocenters. The number of carbonyl (C=O) groups excluding carboxylic acids is 1. The number of rotatable bonds is 2. The Balaban J connectivity index is 1.88. The van der Waals surface area contributed by atoms with Crippen molar-refractivity contribution in [2.45, 2.75) is 32.7 Å². The first-order chi connectivity index (χ1) is 6.72. The third-order valence-electron chi connectivity index (χ3n) is 3.41. The first-order valence-electron chi connectivity index (χ1n) is 5.75. The van der Waals surface area contributed by atoms with Gasteiger partial charge in [0, 0.05) is 31.6 Å². The van der Waals surface area contributed by atoms with E-state index < -0.39 is 0 Å². The first-order valence-corrected chi connectivity index (χ1v) is 5.75. The predicted octanol–water partition coefficient (Wildman–Crippen LogP) is 0.949. The highest BCUT2D eigenvalue weighted by molar-refractivity contribution is 5.81. The van der Waals surface area contributed by atoms with E-state index in [2.05, 4.69) is 23.6 Å². The van der Waals surface area contributed by atoms with Crippen LogP contribution in [-0.4, -0.2) is 47.9 Å². The highest BCUT2D eigenvalue weighted by Gasteiger charge is 2.35. The zero-order valence-corrected chi connectivity index (χ0v) is 9.20. The lowest BCUT2D eigenvalue weighted by Crippen LogP contribution is -2.53. The van der Waals surface area contributed by atoms with E-state index in [0.717, 1.165) is 39.0 Å². The van der Waals surface area contributed by atoms with Crippen LogP contribution in [0.5, 0.6) is 0 Å². The zero-order valence-electron chi connectivity index (χ0n) is 9.20. The second-order valence-electron chi connectivity index (χ2n) is 4.54. The van der Waals surface area contributed by atoms with Crippen molar-refractivity contribution in [1.29, 1.82) is 0 Å². The number of likely N-dealkylation sites (N-methyl/N-ethyl adjacent to an activating group) is 1. The average Bonchev–Trinajstić information content (AvgIpc) is 3.00. The van der Waals surface area contributed by atoms with E-state index in [4.69, 9.17) is 0 Å². The van der Waals surface area contributed by atoms with Gasteiger partial charge >= 0.3 is 0 Å². The van der Waals surface area contributed by atoms with Crippen LogP contribution in [0.3, 0.4) is 0 Å². The van der Waals surface area contributed by atoms with E-state index in [-0.39, 0.29) is 0 Å². The van der Waals surface area contributed by atoms with Gasteiger partial charge in [0.2, 0.25) is 5.91 Å². The molecule has 1 heterocycles. The first kappa shape index (κ1) is 9.97. The smallest absolute Gasteiger partial charge is 0.225 e. The van der Waals surface area contributed by atoms with Gasteiger partial charge < -0.3 is 4.90 Å². The molecule has 0 radical (unpaired) electrons. The normalized spacial score (nSPS) is 29.3. The highest BCUT2D eigenvalue weighted by atomic mass is 16.2. The molecule has 14 heavy (non-hydrogen) atoms. The molecule has 0 bridgehead atoms. The Kier molecular flexibility index (Phi) is 2.77. The predicted molar refractivity (Wildman–Crippen MR) is 56.0 cm³/mol. The van der Waals surface area contributed by atoms with Gasteiger partial charge in [-0.2, -0.15) is 0 Å². The minimum absolute atomic E-state index is 0.385. The summed E-state index contributed by atoms with van der Waals surface area (Å²) in [5, 5.41) is 0. The molecule has 1 saturated carbocycles. The standard InChI is InChI=1S/C11H20N2O/c1-3-12-6-7-13(8-9(12)2)11(14)10-4-5-10/h9-10H,3-8H2,1-2H3. The molecule has 1 saturated heterocycles. The van der Waals surface area contributed by atoms with Crippen LogP contribution in [0.1, 0.15) is 26.7 Å². The van der Waals surface area contributed by atoms with Crippen LogP contribution in [0, 0.1) is 5.92 Å². The summed E-state index contributed by atoms with van der Waals surface area (Å²) in [7, 11) is 0. The maximum absolute atomic E-state index is 11.8. The van der Waals surface area contributed by atoms with Crippen LogP contribution in [0.25, 0.3) is 0 Å². The number of hydrogen-bond donors (Lipinski definition) is 0. The van der Waals surface area contributed by atoms with Gasteiger partial charge in [0.05, 0.1) is 0 Å². The van der Waals surface area contributed by atoms with Crippen molar-refractivity contribution in [3.05, 3.63) is 0 Å². The van der Waals surface area contributed by atoms with Gasteiger partial charge in [0.25, 0.3) is 0 Å². The fraction of sp³-hybridized carbons (Fsp3) is 0.909. The lowest BCUT2D eigenvalue weighted by atomic mass is 10.2. The molecule has 3 nitrogen and oxygen atoms in total. The van der Waals surface area contributed by atoms with E-state index in [1.54, 1.807) is 0 Å². The summed E-state index contributed by atoms with van der Waals surface area (Å²) >= 11 is 0. The molecule has 2 rings (SSSR count). The third kappa shape index (κ3) is 1.92. The Morgan fingerprint density at radius 3 is 2.57 bits per heavy atom. The maximum Gasteiger partial charge on any atom is 0.225 e. The van der Waals surface area contributed by atoms with Crippen molar-refractivity contribution in [2.75, 3.05) is 26.2 Å². The largest absolute Gasteiger partial charge is 0.340 e. The summed E-state index contributed by atoms with van der Waals surface area (Å²) in [4.78, 5) is 16.3. The van der Waals surface area contributed by atoms with Crippen LogP contribution in [-0.2, 0) is 4.79 Å². The molecule has 0 aromatic heterocycles. The minimum Gasteiger partial charge on any atom is -0.340 e. The molecule has 1 aliphatic heterocycles. The molecule has 0 N–H and O–H groups in total. The molecule has 1 amide bonds. The molecule has 1 unspecified atom stereocenters. The highest BCUT2D eigenvalue weighted by Crippen LogP contribution is 2.31. The average molecular weight is 196 g/mol. The van der Waals surface area contributed by atoms with Gasteiger partial charge in [-0.25, -0.2) is 0 Å². The van der Waals surface area contributed by atoms with Crippen LogP contribution in [0.2, 0.25) is 0 Å². The number of carbonyl (C=O) groups is 1. The maximum atomic E-state index is 11.8. The molecule has 0 aromatic carbocycles. The monoisotopic (exact) mass is 196 g/mol. The summed E-state index contributed by atoms with van der Waals surface area (Å²) in [5.41, 5.74) is 0. The fourth-order valence-electron chi connectivity index (χ4n) is 2.25. The Bertz CT molecular complexity index is 225. The van der Waals surface area contributed by atoms with Gasteiger partial charge in [-0.15, -0.1) is 0 Å². The van der Waals surface area contributed by atoms with E-state index >= 15 is 0 Å². The van der Waals surface area contributed by atoms with E-state index in [1.165, 1.54) is 0 Å². The lowest BCUT2D eigenvalue weighted by Gasteiger charge is -2.39. The van der Waals surface area contributed by atoms with Crippen molar-refractivity contribution in [3.63, 3.8) is 0 Å². The van der Waals surface area contributed by atoms with E-state index in [9.17, 15) is 4.79 Å². The van der Waals surface area contributed by atoms with Crippen molar-refractivity contribution >= 4 is 5.91 Å². The second kappa shape index (κ2) is 3.89. The zero-order chi connectivity index (χ0) is 10.1. The molecule has 3 heteroatoms. The molecule has 0 aromatic rings. The van der Waals surface area contributed by atoms with Crippen molar-refractivity contribution in [1.82, 2.24) is 9.80 Å². The van der Waals surface area contributed by atoms with Gasteiger partial charge in [-0.3, -0.25) is 9.69 Å². The van der Waals surface area contributed by atoms with Gasteiger partial charge in [-0.1, -0.05) is 6.92 Å². The molecule has 2 fully saturated rings. The second-order valence-corrected chi connectivity index (χ2v) is 4.54. The molecule has 0 spiro atoms. The number of piperazine rings is 1. The third-order valence-corrected chi connectivity index (χ3v) is 3.41. The Morgan fingerprint density at radius 2 is 2.07 bits per heavy atom. The van der Waals surface area contributed by atoms with E-state index in [1.807, 2.05) is 0 Å². The molecule has 1 aliphatic carbocycles. The number of nitrogens with zero attached hydrogens (tertiary/aromatic N) is 2. The van der Waals surface area contributed by atoms with Gasteiger partial charge in [0.15, 0.2) is 0 Å². The summed E-state index contributed by atoms with van der Waals surface area (Å²) < 4.78 is 0. The summed E-state index contributed by atoms with van der Waals surface area (Å²) in [5.74, 6) is 0.794.